The molecule has 0 amide bonds. The van der Waals surface area contributed by atoms with E-state index in [1.54, 1.807) is 30.3 Å². The van der Waals surface area contributed by atoms with Crippen molar-refractivity contribution in [3.8, 4) is 12.1 Å². The number of hydrogen-bond donors (Lipinski definition) is 2. The van der Waals surface area contributed by atoms with Crippen LogP contribution in [0.15, 0.2) is 52.7 Å². The van der Waals surface area contributed by atoms with E-state index in [1.165, 1.54) is 13.0 Å². The van der Waals surface area contributed by atoms with Crippen LogP contribution in [0.1, 0.15) is 22.3 Å². The summed E-state index contributed by atoms with van der Waals surface area (Å²) < 4.78 is 40.6. The van der Waals surface area contributed by atoms with Crippen molar-refractivity contribution in [3.05, 3.63) is 74.8 Å². The Balaban J connectivity index is 2.14. The van der Waals surface area contributed by atoms with Gasteiger partial charge < -0.3 is 11.1 Å². The van der Waals surface area contributed by atoms with Crippen LogP contribution in [0.25, 0.3) is 0 Å². The highest BCUT2D eigenvalue weighted by atomic mass is 19.4. The number of hydrogen-bond acceptors (Lipinski definition) is 9. The predicted molar refractivity (Wildman–Crippen MR) is 115 cm³/mol. The van der Waals surface area contributed by atoms with Crippen LogP contribution < -0.4 is 11.1 Å². The molecule has 0 saturated carbocycles. The first kappa shape index (κ1) is 23.6. The maximum absolute atomic E-state index is 13.5. The van der Waals surface area contributed by atoms with Crippen LogP contribution in [0, 0.1) is 39.7 Å². The third-order valence-corrected chi connectivity index (χ3v) is 4.57. The highest BCUT2D eigenvalue weighted by molar-refractivity contribution is 5.75. The number of aromatic nitrogens is 1. The van der Waals surface area contributed by atoms with Gasteiger partial charge in [-0.15, -0.1) is 10.2 Å². The van der Waals surface area contributed by atoms with Crippen LogP contribution in [0.2, 0.25) is 0 Å². The molecule has 1 aromatic heterocycles. The van der Waals surface area contributed by atoms with Gasteiger partial charge in [0.05, 0.1) is 21.6 Å². The molecule has 0 radical (unpaired) electrons. The zero-order chi connectivity index (χ0) is 25.0. The van der Waals surface area contributed by atoms with Gasteiger partial charge in [-0.3, -0.25) is 10.1 Å². The number of nitrogens with zero attached hydrogens (tertiary/aromatic N) is 6. The molecule has 0 aliphatic heterocycles. The van der Waals surface area contributed by atoms with Crippen LogP contribution in [0.4, 0.5) is 47.6 Å². The Bertz CT molecular complexity index is 1390. The lowest BCUT2D eigenvalue weighted by Gasteiger charge is -2.13. The predicted octanol–water partition coefficient (Wildman–Crippen LogP) is 5.80. The summed E-state index contributed by atoms with van der Waals surface area (Å²) in [6.07, 6.45) is -5.06. The molecule has 170 valence electrons. The Hall–Kier alpha value is -5.04. The molecule has 0 atom stereocenters. The number of rotatable bonds is 5. The van der Waals surface area contributed by atoms with Gasteiger partial charge in [0.15, 0.2) is 11.6 Å². The van der Waals surface area contributed by atoms with E-state index in [-0.39, 0.29) is 34.5 Å². The van der Waals surface area contributed by atoms with Crippen LogP contribution in [-0.4, -0.2) is 9.91 Å². The first-order valence-electron chi connectivity index (χ1n) is 9.30. The highest BCUT2D eigenvalue weighted by Gasteiger charge is 2.37. The van der Waals surface area contributed by atoms with E-state index in [1.807, 2.05) is 6.07 Å². The molecule has 3 N–H and O–H groups in total. The summed E-state index contributed by atoms with van der Waals surface area (Å²) in [7, 11) is 0. The Kier molecular flexibility index (Phi) is 6.40. The van der Waals surface area contributed by atoms with E-state index in [9.17, 15) is 33.8 Å². The van der Waals surface area contributed by atoms with Crippen LogP contribution in [0.3, 0.4) is 0 Å². The average Bonchev–Trinajstić information content (AvgIpc) is 2.78. The minimum atomic E-state index is -5.06. The smallest absolute Gasteiger partial charge is 0.382 e. The van der Waals surface area contributed by atoms with E-state index in [2.05, 4.69) is 20.5 Å². The second-order valence-corrected chi connectivity index (χ2v) is 6.75. The standard InChI is InChI=1S/C21H13F3N8O2/c1-11-15(10-26)20(28-13-5-3-2-4-6-13)29-19(27)17(11)30-31-18-12(9-25)7-14(32(33)34)8-16(18)21(22,23)24/h2-8H,1H3,(H3,27,28,29)/b31-30+. The number of azo groups is 1. The summed E-state index contributed by atoms with van der Waals surface area (Å²) in [5.74, 6) is -0.140. The molecule has 3 aromatic rings. The fraction of sp³-hybridized carbons (Fsp3) is 0.0952. The quantitative estimate of drug-likeness (QED) is 0.272. The number of benzene rings is 2. The highest BCUT2D eigenvalue weighted by Crippen LogP contribution is 2.42. The summed E-state index contributed by atoms with van der Waals surface area (Å²) in [4.78, 5) is 14.0. The molecular formula is C21H13F3N8O2. The molecule has 1 heterocycles. The fourth-order valence-electron chi connectivity index (χ4n) is 2.96. The number of nitrogens with one attached hydrogen (secondary N) is 1. The van der Waals surface area contributed by atoms with E-state index >= 15 is 0 Å². The molecule has 0 bridgehead atoms. The summed E-state index contributed by atoms with van der Waals surface area (Å²) in [5, 5.41) is 40.0. The van der Waals surface area contributed by atoms with Crippen molar-refractivity contribution < 1.29 is 18.1 Å². The fourth-order valence-corrected chi connectivity index (χ4v) is 2.96. The topological polar surface area (TPSA) is 166 Å². The first-order chi connectivity index (χ1) is 16.1. The van der Waals surface area contributed by atoms with Gasteiger partial charge in [-0.1, -0.05) is 18.2 Å². The van der Waals surface area contributed by atoms with E-state index in [4.69, 9.17) is 5.73 Å². The number of alkyl halides is 3. The summed E-state index contributed by atoms with van der Waals surface area (Å²) in [5.41, 5.74) is 2.46. The molecule has 0 aliphatic rings. The van der Waals surface area contributed by atoms with Gasteiger partial charge in [0.25, 0.3) is 5.69 Å². The monoisotopic (exact) mass is 466 g/mol. The molecule has 3 rings (SSSR count). The number of para-hydroxylation sites is 1. The van der Waals surface area contributed by atoms with Crippen molar-refractivity contribution >= 4 is 34.4 Å². The summed E-state index contributed by atoms with van der Waals surface area (Å²) in [6, 6.07) is 13.1. The molecule has 13 heteroatoms. The second-order valence-electron chi connectivity index (χ2n) is 6.75. The minimum Gasteiger partial charge on any atom is -0.382 e. The van der Waals surface area contributed by atoms with Gasteiger partial charge in [-0.05, 0) is 19.1 Å². The minimum absolute atomic E-state index is 0.0206. The first-order valence-corrected chi connectivity index (χ1v) is 9.30. The van der Waals surface area contributed by atoms with Gasteiger partial charge in [0.2, 0.25) is 0 Å². The van der Waals surface area contributed by atoms with Crippen molar-refractivity contribution in [2.45, 2.75) is 13.1 Å². The number of pyridine rings is 1. The zero-order valence-corrected chi connectivity index (χ0v) is 17.3. The summed E-state index contributed by atoms with van der Waals surface area (Å²) >= 11 is 0. The number of anilines is 3. The Morgan fingerprint density at radius 2 is 1.76 bits per heavy atom. The van der Waals surface area contributed by atoms with Crippen LogP contribution in [-0.2, 0) is 6.18 Å². The number of nitro benzene ring substituents is 1. The van der Waals surface area contributed by atoms with E-state index in [0.29, 0.717) is 11.8 Å². The Morgan fingerprint density at radius 3 is 2.32 bits per heavy atom. The molecule has 0 unspecified atom stereocenters. The van der Waals surface area contributed by atoms with Crippen molar-refractivity contribution in [2.75, 3.05) is 11.1 Å². The lowest BCUT2D eigenvalue weighted by atomic mass is 10.1. The van der Waals surface area contributed by atoms with Crippen molar-refractivity contribution in [2.24, 2.45) is 10.2 Å². The average molecular weight is 466 g/mol. The maximum Gasteiger partial charge on any atom is 0.418 e. The number of nitriles is 2. The normalized spacial score (nSPS) is 11.1. The second kappa shape index (κ2) is 9.22. The van der Waals surface area contributed by atoms with Crippen molar-refractivity contribution in [3.63, 3.8) is 0 Å². The molecule has 0 fully saturated rings. The number of halogens is 3. The van der Waals surface area contributed by atoms with E-state index < -0.39 is 33.6 Å². The molecule has 0 aliphatic carbocycles. The molecule has 0 saturated heterocycles. The molecule has 34 heavy (non-hydrogen) atoms. The van der Waals surface area contributed by atoms with Gasteiger partial charge in [0.1, 0.15) is 23.5 Å². The molecule has 10 nitrogen and oxygen atoms in total. The number of non-ortho nitro benzene ring substituents is 1. The number of nitrogens with two attached hydrogens (primary N) is 1. The largest absolute Gasteiger partial charge is 0.418 e. The lowest BCUT2D eigenvalue weighted by Crippen LogP contribution is -2.07. The third kappa shape index (κ3) is 4.73. The van der Waals surface area contributed by atoms with Crippen LogP contribution >= 0.6 is 0 Å². The lowest BCUT2D eigenvalue weighted by molar-refractivity contribution is -0.385. The van der Waals surface area contributed by atoms with Gasteiger partial charge in [-0.2, -0.15) is 23.7 Å². The Labute approximate surface area is 189 Å². The van der Waals surface area contributed by atoms with Crippen molar-refractivity contribution in [1.82, 2.24) is 4.98 Å². The molecule has 0 spiro atoms. The SMILES string of the molecule is Cc1c(C#N)c(Nc2ccccc2)nc(N)c1/N=N/c1c(C#N)cc([N+](=O)[O-])cc1C(F)(F)F. The van der Waals surface area contributed by atoms with Gasteiger partial charge in [-0.25, -0.2) is 4.98 Å². The summed E-state index contributed by atoms with van der Waals surface area (Å²) in [6.45, 7) is 1.45. The molecule has 2 aromatic carbocycles. The maximum atomic E-state index is 13.5. The van der Waals surface area contributed by atoms with Gasteiger partial charge >= 0.3 is 6.18 Å². The van der Waals surface area contributed by atoms with Crippen LogP contribution in [0.5, 0.6) is 0 Å². The Morgan fingerprint density at radius 1 is 1.12 bits per heavy atom. The van der Waals surface area contributed by atoms with Crippen molar-refractivity contribution in [1.29, 1.82) is 10.5 Å². The molecular weight excluding hydrogens is 453 g/mol. The third-order valence-electron chi connectivity index (χ3n) is 4.57. The number of nitrogen functional groups attached to an aromatic ring is 1. The van der Waals surface area contributed by atoms with E-state index in [0.717, 1.165) is 0 Å². The number of nitro groups is 1. The zero-order valence-electron chi connectivity index (χ0n) is 17.3. The van der Waals surface area contributed by atoms with Gasteiger partial charge in [0, 0.05) is 23.4 Å².